The van der Waals surface area contributed by atoms with Gasteiger partial charge >= 0.3 is 6.18 Å². The summed E-state index contributed by atoms with van der Waals surface area (Å²) in [4.78, 5) is 11.8. The van der Waals surface area contributed by atoms with Gasteiger partial charge < -0.3 is 10.4 Å². The van der Waals surface area contributed by atoms with Gasteiger partial charge in [0.25, 0.3) is 0 Å². The van der Waals surface area contributed by atoms with Gasteiger partial charge in [0.15, 0.2) is 0 Å². The van der Waals surface area contributed by atoms with Gasteiger partial charge in [0.2, 0.25) is 5.95 Å². The first-order valence-electron chi connectivity index (χ1n) is 10.2. The zero-order valence-electron chi connectivity index (χ0n) is 17.1. The maximum absolute atomic E-state index is 12.9. The van der Waals surface area contributed by atoms with Crippen LogP contribution in [0.4, 0.5) is 24.8 Å². The first-order chi connectivity index (χ1) is 14.7. The summed E-state index contributed by atoms with van der Waals surface area (Å²) in [5.74, 6) is -0.130. The number of nitrogens with one attached hydrogen (secondary N) is 1. The predicted molar refractivity (Wildman–Crippen MR) is 112 cm³/mol. The van der Waals surface area contributed by atoms with Crippen molar-refractivity contribution in [3.8, 4) is 11.1 Å². The van der Waals surface area contributed by atoms with Gasteiger partial charge in [0.1, 0.15) is 5.69 Å². The number of alkyl halides is 3. The van der Waals surface area contributed by atoms with E-state index in [-0.39, 0.29) is 5.95 Å². The van der Waals surface area contributed by atoms with Crippen LogP contribution in [0, 0.1) is 6.92 Å². The molecule has 0 bridgehead atoms. The van der Waals surface area contributed by atoms with Crippen molar-refractivity contribution in [2.24, 2.45) is 0 Å². The third kappa shape index (κ3) is 4.85. The first-order valence-corrected chi connectivity index (χ1v) is 10.2. The van der Waals surface area contributed by atoms with Crippen LogP contribution in [-0.4, -0.2) is 20.1 Å². The first kappa shape index (κ1) is 21.2. The summed E-state index contributed by atoms with van der Waals surface area (Å²) < 4.78 is 38.8. The van der Waals surface area contributed by atoms with Gasteiger partial charge in [-0.3, -0.25) is 4.98 Å². The highest BCUT2D eigenvalue weighted by Crippen LogP contribution is 2.38. The Morgan fingerprint density at radius 1 is 1.00 bits per heavy atom. The SMILES string of the molecule is Cc1cc(Nc2nccc(C(F)(F)F)n2)cc(-c2cncc(C3(O)CCCCC3)c2)c1. The van der Waals surface area contributed by atoms with Gasteiger partial charge in [0.05, 0.1) is 5.60 Å². The van der Waals surface area contributed by atoms with E-state index in [9.17, 15) is 18.3 Å². The average molecular weight is 428 g/mol. The number of rotatable bonds is 4. The van der Waals surface area contributed by atoms with Gasteiger partial charge in [-0.25, -0.2) is 9.97 Å². The molecule has 0 unspecified atom stereocenters. The van der Waals surface area contributed by atoms with Gasteiger partial charge in [-0.1, -0.05) is 25.3 Å². The Hall–Kier alpha value is -3.00. The molecule has 0 aliphatic heterocycles. The van der Waals surface area contributed by atoms with E-state index in [2.05, 4.69) is 20.3 Å². The number of hydrogen-bond donors (Lipinski definition) is 2. The number of anilines is 2. The predicted octanol–water partition coefficient (Wildman–Crippen LogP) is 5.76. The van der Waals surface area contributed by atoms with Crippen LogP contribution in [0.2, 0.25) is 0 Å². The Morgan fingerprint density at radius 3 is 2.52 bits per heavy atom. The molecule has 4 rings (SSSR count). The minimum atomic E-state index is -4.54. The normalized spacial score (nSPS) is 16.2. The monoisotopic (exact) mass is 428 g/mol. The molecule has 8 heteroatoms. The molecule has 1 aromatic carbocycles. The lowest BCUT2D eigenvalue weighted by atomic mass is 9.80. The molecule has 1 aliphatic carbocycles. The Morgan fingerprint density at radius 2 is 1.77 bits per heavy atom. The van der Waals surface area contributed by atoms with Crippen LogP contribution in [0.25, 0.3) is 11.1 Å². The van der Waals surface area contributed by atoms with Crippen molar-refractivity contribution < 1.29 is 18.3 Å². The maximum Gasteiger partial charge on any atom is 0.433 e. The Balaban J connectivity index is 1.64. The minimum Gasteiger partial charge on any atom is -0.385 e. The van der Waals surface area contributed by atoms with Crippen LogP contribution in [0.15, 0.2) is 48.9 Å². The summed E-state index contributed by atoms with van der Waals surface area (Å²) in [6.07, 6.45) is 4.48. The summed E-state index contributed by atoms with van der Waals surface area (Å²) in [5.41, 5.74) is 2.07. The van der Waals surface area contributed by atoms with Gasteiger partial charge in [0, 0.05) is 35.4 Å². The number of halogens is 3. The van der Waals surface area contributed by atoms with Crippen molar-refractivity contribution in [3.63, 3.8) is 0 Å². The lowest BCUT2D eigenvalue weighted by molar-refractivity contribution is -0.141. The van der Waals surface area contributed by atoms with Crippen LogP contribution < -0.4 is 5.32 Å². The van der Waals surface area contributed by atoms with Crippen molar-refractivity contribution in [3.05, 3.63) is 65.7 Å². The summed E-state index contributed by atoms with van der Waals surface area (Å²) in [5, 5.41) is 13.9. The van der Waals surface area contributed by atoms with E-state index in [1.165, 1.54) is 0 Å². The Labute approximate surface area is 178 Å². The van der Waals surface area contributed by atoms with E-state index in [0.29, 0.717) is 18.5 Å². The molecule has 31 heavy (non-hydrogen) atoms. The standard InChI is InChI=1S/C23H23F3N4O/c1-15-9-16(17-11-18(14-27-13-17)22(31)6-3-2-4-7-22)12-19(10-15)29-21-28-8-5-20(30-21)23(24,25)26/h5,8-14,31H,2-4,6-7H2,1H3,(H,28,29,30). The summed E-state index contributed by atoms with van der Waals surface area (Å²) >= 11 is 0. The van der Waals surface area contributed by atoms with E-state index in [1.807, 2.05) is 25.1 Å². The van der Waals surface area contributed by atoms with Crippen LogP contribution in [0.5, 0.6) is 0 Å². The quantitative estimate of drug-likeness (QED) is 0.553. The van der Waals surface area contributed by atoms with Crippen molar-refractivity contribution in [2.45, 2.75) is 50.8 Å². The number of hydrogen-bond acceptors (Lipinski definition) is 5. The van der Waals surface area contributed by atoms with Gasteiger partial charge in [-0.05, 0) is 55.2 Å². The molecule has 1 aliphatic rings. The second-order valence-corrected chi connectivity index (χ2v) is 8.03. The number of aryl methyl sites for hydroxylation is 1. The van der Waals surface area contributed by atoms with Crippen LogP contribution in [0.3, 0.4) is 0 Å². The molecular weight excluding hydrogens is 405 g/mol. The Bertz CT molecular complexity index is 1080. The van der Waals surface area contributed by atoms with Crippen molar-refractivity contribution in [1.82, 2.24) is 15.0 Å². The fraction of sp³-hybridized carbons (Fsp3) is 0.348. The van der Waals surface area contributed by atoms with Crippen LogP contribution in [0.1, 0.15) is 48.9 Å². The van der Waals surface area contributed by atoms with Crippen LogP contribution >= 0.6 is 0 Å². The molecule has 2 aromatic heterocycles. The number of pyridine rings is 1. The highest BCUT2D eigenvalue weighted by molar-refractivity contribution is 5.71. The van der Waals surface area contributed by atoms with E-state index >= 15 is 0 Å². The lowest BCUT2D eigenvalue weighted by Gasteiger charge is -2.32. The largest absolute Gasteiger partial charge is 0.433 e. The van der Waals surface area contributed by atoms with E-state index in [1.54, 1.807) is 18.5 Å². The second-order valence-electron chi connectivity index (χ2n) is 8.03. The third-order valence-electron chi connectivity index (χ3n) is 5.57. The topological polar surface area (TPSA) is 70.9 Å². The molecule has 1 saturated carbocycles. The number of nitrogens with zero attached hydrogens (tertiary/aromatic N) is 3. The van der Waals surface area contributed by atoms with Crippen molar-refractivity contribution in [2.75, 3.05) is 5.32 Å². The van der Waals surface area contributed by atoms with Crippen LogP contribution in [-0.2, 0) is 11.8 Å². The van der Waals surface area contributed by atoms with Gasteiger partial charge in [-0.15, -0.1) is 0 Å². The van der Waals surface area contributed by atoms with Gasteiger partial charge in [-0.2, -0.15) is 13.2 Å². The molecule has 0 spiro atoms. The molecule has 0 saturated heterocycles. The van der Waals surface area contributed by atoms with E-state index in [4.69, 9.17) is 0 Å². The zero-order chi connectivity index (χ0) is 22.1. The average Bonchev–Trinajstić information content (AvgIpc) is 2.74. The molecule has 1 fully saturated rings. The molecule has 2 N–H and O–H groups in total. The van der Waals surface area contributed by atoms with Crippen molar-refractivity contribution >= 4 is 11.6 Å². The Kier molecular flexibility index (Phi) is 5.66. The third-order valence-corrected chi connectivity index (χ3v) is 5.57. The zero-order valence-corrected chi connectivity index (χ0v) is 17.1. The molecule has 2 heterocycles. The van der Waals surface area contributed by atoms with E-state index in [0.717, 1.165) is 53.8 Å². The van der Waals surface area contributed by atoms with E-state index < -0.39 is 17.5 Å². The highest BCUT2D eigenvalue weighted by atomic mass is 19.4. The summed E-state index contributed by atoms with van der Waals surface area (Å²) in [7, 11) is 0. The molecule has 0 atom stereocenters. The molecule has 5 nitrogen and oxygen atoms in total. The minimum absolute atomic E-state index is 0.130. The molecule has 0 amide bonds. The molecular formula is C23H23F3N4O. The number of aromatic nitrogens is 3. The number of benzene rings is 1. The second kappa shape index (κ2) is 8.26. The maximum atomic E-state index is 12.9. The fourth-order valence-electron chi connectivity index (χ4n) is 4.01. The van der Waals surface area contributed by atoms with Crippen molar-refractivity contribution in [1.29, 1.82) is 0 Å². The fourth-order valence-corrected chi connectivity index (χ4v) is 4.01. The lowest BCUT2D eigenvalue weighted by Crippen LogP contribution is -2.28. The number of aliphatic hydroxyl groups is 1. The molecule has 0 radical (unpaired) electrons. The molecule has 162 valence electrons. The summed E-state index contributed by atoms with van der Waals surface area (Å²) in [6.45, 7) is 1.90. The smallest absolute Gasteiger partial charge is 0.385 e. The highest BCUT2D eigenvalue weighted by Gasteiger charge is 2.33. The summed E-state index contributed by atoms with van der Waals surface area (Å²) in [6, 6.07) is 8.35. The molecule has 3 aromatic rings.